The van der Waals surface area contributed by atoms with Gasteiger partial charge in [-0.25, -0.2) is 9.97 Å². The van der Waals surface area contributed by atoms with Gasteiger partial charge in [-0.3, -0.25) is 0 Å². The Bertz CT molecular complexity index is 314. The highest BCUT2D eigenvalue weighted by molar-refractivity contribution is 6.29. The van der Waals surface area contributed by atoms with Crippen molar-refractivity contribution >= 4 is 17.4 Å². The van der Waals surface area contributed by atoms with Crippen LogP contribution in [-0.4, -0.2) is 16.0 Å². The average molecular weight is 212 g/mol. The van der Waals surface area contributed by atoms with E-state index in [4.69, 9.17) is 11.6 Å². The maximum absolute atomic E-state index is 5.83. The van der Waals surface area contributed by atoms with E-state index in [0.29, 0.717) is 17.0 Å². The zero-order chi connectivity index (χ0) is 10.1. The Labute approximate surface area is 88.9 Å². The van der Waals surface area contributed by atoms with Gasteiger partial charge in [-0.05, 0) is 25.7 Å². The predicted molar refractivity (Wildman–Crippen MR) is 57.6 cm³/mol. The number of aryl methyl sites for hydroxylation is 1. The molecule has 0 spiro atoms. The minimum absolute atomic E-state index is 0.507. The molecular weight excluding hydrogens is 198 g/mol. The molecule has 1 saturated carbocycles. The number of hydrogen-bond donors (Lipinski definition) is 1. The maximum Gasteiger partial charge on any atom is 0.134 e. The van der Waals surface area contributed by atoms with E-state index in [2.05, 4.69) is 22.2 Å². The first-order valence-electron chi connectivity index (χ1n) is 4.91. The molecule has 1 fully saturated rings. The molecule has 0 atom stereocenters. The number of aromatic nitrogens is 2. The van der Waals surface area contributed by atoms with Gasteiger partial charge in [0, 0.05) is 12.1 Å². The second-order valence-corrected chi connectivity index (χ2v) is 4.43. The monoisotopic (exact) mass is 211 g/mol. The summed E-state index contributed by atoms with van der Waals surface area (Å²) in [4.78, 5) is 8.29. The Morgan fingerprint density at radius 1 is 1.43 bits per heavy atom. The van der Waals surface area contributed by atoms with Gasteiger partial charge < -0.3 is 5.32 Å². The Balaban J connectivity index is 2.02. The Morgan fingerprint density at radius 2 is 2.14 bits per heavy atom. The molecule has 3 nitrogen and oxygen atoms in total. The molecule has 76 valence electrons. The molecule has 14 heavy (non-hydrogen) atoms. The van der Waals surface area contributed by atoms with Crippen LogP contribution in [0.5, 0.6) is 0 Å². The molecule has 0 radical (unpaired) electrons. The van der Waals surface area contributed by atoms with E-state index in [1.165, 1.54) is 12.8 Å². The van der Waals surface area contributed by atoms with E-state index >= 15 is 0 Å². The van der Waals surface area contributed by atoms with Crippen molar-refractivity contribution in [1.82, 2.24) is 9.97 Å². The Morgan fingerprint density at radius 3 is 2.71 bits per heavy atom. The normalized spacial score (nSPS) is 25.6. The van der Waals surface area contributed by atoms with Gasteiger partial charge in [0.15, 0.2) is 0 Å². The number of hydrogen-bond acceptors (Lipinski definition) is 3. The summed E-state index contributed by atoms with van der Waals surface area (Å²) in [7, 11) is 0. The van der Waals surface area contributed by atoms with Crippen LogP contribution in [0.4, 0.5) is 5.82 Å². The standard InChI is InChI=1S/C10H14ClN3/c1-6-3-8(4-6)14-10-5-9(11)12-7(2)13-10/h5-6,8H,3-4H2,1-2H3,(H,12,13,14). The number of halogens is 1. The summed E-state index contributed by atoms with van der Waals surface area (Å²) in [6.07, 6.45) is 2.45. The maximum atomic E-state index is 5.83. The smallest absolute Gasteiger partial charge is 0.134 e. The lowest BCUT2D eigenvalue weighted by Gasteiger charge is -2.33. The van der Waals surface area contributed by atoms with Gasteiger partial charge in [0.05, 0.1) is 0 Å². The van der Waals surface area contributed by atoms with Crippen molar-refractivity contribution in [3.63, 3.8) is 0 Å². The molecule has 0 aromatic carbocycles. The van der Waals surface area contributed by atoms with E-state index in [9.17, 15) is 0 Å². The van der Waals surface area contributed by atoms with E-state index in [1.54, 1.807) is 6.07 Å². The van der Waals surface area contributed by atoms with Gasteiger partial charge in [0.25, 0.3) is 0 Å². The number of anilines is 1. The lowest BCUT2D eigenvalue weighted by atomic mass is 9.82. The SMILES string of the molecule is Cc1nc(Cl)cc(NC2CC(C)C2)n1. The van der Waals surface area contributed by atoms with Crippen LogP contribution in [0, 0.1) is 12.8 Å². The van der Waals surface area contributed by atoms with Crippen molar-refractivity contribution in [3.8, 4) is 0 Å². The van der Waals surface area contributed by atoms with E-state index in [0.717, 1.165) is 11.7 Å². The van der Waals surface area contributed by atoms with Gasteiger partial charge >= 0.3 is 0 Å². The first-order chi connectivity index (χ1) is 6.63. The van der Waals surface area contributed by atoms with Gasteiger partial charge in [0.2, 0.25) is 0 Å². The number of rotatable bonds is 2. The fraction of sp³-hybridized carbons (Fsp3) is 0.600. The lowest BCUT2D eigenvalue weighted by molar-refractivity contribution is 0.308. The van der Waals surface area contributed by atoms with Crippen molar-refractivity contribution in [3.05, 3.63) is 17.0 Å². The molecular formula is C10H14ClN3. The molecule has 4 heteroatoms. The summed E-state index contributed by atoms with van der Waals surface area (Å²) in [5.41, 5.74) is 0. The molecule has 1 heterocycles. The number of nitrogens with zero attached hydrogens (tertiary/aromatic N) is 2. The van der Waals surface area contributed by atoms with Crippen LogP contribution in [0.15, 0.2) is 6.07 Å². The zero-order valence-corrected chi connectivity index (χ0v) is 9.17. The second-order valence-electron chi connectivity index (χ2n) is 4.04. The first-order valence-corrected chi connectivity index (χ1v) is 5.29. The van der Waals surface area contributed by atoms with Crippen LogP contribution >= 0.6 is 11.6 Å². The van der Waals surface area contributed by atoms with Crippen LogP contribution < -0.4 is 5.32 Å². The van der Waals surface area contributed by atoms with E-state index in [-0.39, 0.29) is 0 Å². The predicted octanol–water partition coefficient (Wildman–Crippen LogP) is 2.65. The quantitative estimate of drug-likeness (QED) is 0.765. The fourth-order valence-corrected chi connectivity index (χ4v) is 2.06. The molecule has 0 unspecified atom stereocenters. The number of nitrogens with one attached hydrogen (secondary N) is 1. The minimum atomic E-state index is 0.507. The molecule has 1 aliphatic rings. The molecule has 1 N–H and O–H groups in total. The van der Waals surface area contributed by atoms with E-state index in [1.807, 2.05) is 6.92 Å². The van der Waals surface area contributed by atoms with Gasteiger partial charge in [-0.15, -0.1) is 0 Å². The highest BCUT2D eigenvalue weighted by atomic mass is 35.5. The van der Waals surface area contributed by atoms with Gasteiger partial charge in [0.1, 0.15) is 16.8 Å². The zero-order valence-electron chi connectivity index (χ0n) is 8.42. The molecule has 0 aliphatic heterocycles. The summed E-state index contributed by atoms with van der Waals surface area (Å²) >= 11 is 5.83. The summed E-state index contributed by atoms with van der Waals surface area (Å²) in [6, 6.07) is 2.34. The summed E-state index contributed by atoms with van der Waals surface area (Å²) in [5, 5.41) is 3.86. The first kappa shape index (κ1) is 9.71. The average Bonchev–Trinajstić information content (AvgIpc) is 1.99. The third-order valence-corrected chi connectivity index (χ3v) is 2.73. The molecule has 1 aromatic heterocycles. The highest BCUT2D eigenvalue weighted by Gasteiger charge is 2.25. The molecule has 0 amide bonds. The van der Waals surface area contributed by atoms with Crippen molar-refractivity contribution in [2.45, 2.75) is 32.7 Å². The lowest BCUT2D eigenvalue weighted by Crippen LogP contribution is -2.34. The minimum Gasteiger partial charge on any atom is -0.367 e. The molecule has 0 bridgehead atoms. The van der Waals surface area contributed by atoms with Crippen molar-refractivity contribution in [2.24, 2.45) is 5.92 Å². The third-order valence-electron chi connectivity index (χ3n) is 2.53. The topological polar surface area (TPSA) is 37.8 Å². The Hall–Kier alpha value is -0.830. The largest absolute Gasteiger partial charge is 0.367 e. The van der Waals surface area contributed by atoms with Gasteiger partial charge in [-0.1, -0.05) is 18.5 Å². The summed E-state index contributed by atoms with van der Waals surface area (Å²) in [5.74, 6) is 2.40. The summed E-state index contributed by atoms with van der Waals surface area (Å²) < 4.78 is 0. The van der Waals surface area contributed by atoms with Gasteiger partial charge in [-0.2, -0.15) is 0 Å². The van der Waals surface area contributed by atoms with Crippen molar-refractivity contribution in [1.29, 1.82) is 0 Å². The van der Waals surface area contributed by atoms with E-state index < -0.39 is 0 Å². The Kier molecular flexibility index (Phi) is 2.59. The molecule has 1 aliphatic carbocycles. The highest BCUT2D eigenvalue weighted by Crippen LogP contribution is 2.29. The third kappa shape index (κ3) is 2.15. The van der Waals surface area contributed by atoms with Crippen molar-refractivity contribution in [2.75, 3.05) is 5.32 Å². The second kappa shape index (κ2) is 3.73. The van der Waals surface area contributed by atoms with Crippen LogP contribution in [0.25, 0.3) is 0 Å². The van der Waals surface area contributed by atoms with Crippen LogP contribution in [-0.2, 0) is 0 Å². The molecule has 0 saturated heterocycles. The van der Waals surface area contributed by atoms with Crippen LogP contribution in [0.1, 0.15) is 25.6 Å². The van der Waals surface area contributed by atoms with Crippen LogP contribution in [0.2, 0.25) is 5.15 Å². The molecule has 1 aromatic rings. The summed E-state index contributed by atoms with van der Waals surface area (Å²) in [6.45, 7) is 4.11. The molecule has 2 rings (SSSR count). The fourth-order valence-electron chi connectivity index (χ4n) is 1.83. The van der Waals surface area contributed by atoms with Crippen LogP contribution in [0.3, 0.4) is 0 Å². The van der Waals surface area contributed by atoms with Crippen molar-refractivity contribution < 1.29 is 0 Å².